The monoisotopic (exact) mass is 387 g/mol. The van der Waals surface area contributed by atoms with Crippen molar-refractivity contribution in [1.82, 2.24) is 5.43 Å². The second kappa shape index (κ2) is 8.40. The fraction of sp³-hybridized carbons (Fsp3) is 0.167. The molecule has 2 rings (SSSR count). The van der Waals surface area contributed by atoms with E-state index in [1.54, 1.807) is 0 Å². The fourth-order valence-electron chi connectivity index (χ4n) is 1.98. The topological polar surface area (TPSA) is 70.6 Å². The standard InChI is InChI=1S/C18H18BrN3O2/c1-12-6-7-16(8-13(12)2)21-17(23)10-18(24)22-20-11-14-4-3-5-15(19)9-14/h3-9,11H,10H2,1-2H3,(H,21,23)(H,22,24). The van der Waals surface area contributed by atoms with E-state index in [4.69, 9.17) is 0 Å². The van der Waals surface area contributed by atoms with E-state index in [1.807, 2.05) is 56.3 Å². The van der Waals surface area contributed by atoms with Crippen LogP contribution >= 0.6 is 15.9 Å². The highest BCUT2D eigenvalue weighted by Gasteiger charge is 2.09. The Balaban J connectivity index is 1.83. The van der Waals surface area contributed by atoms with Crippen molar-refractivity contribution in [3.63, 3.8) is 0 Å². The summed E-state index contributed by atoms with van der Waals surface area (Å²) in [5, 5.41) is 6.54. The van der Waals surface area contributed by atoms with Crippen LogP contribution in [0.15, 0.2) is 52.0 Å². The lowest BCUT2D eigenvalue weighted by Gasteiger charge is -2.07. The molecule has 24 heavy (non-hydrogen) atoms. The zero-order valence-electron chi connectivity index (χ0n) is 13.5. The van der Waals surface area contributed by atoms with Gasteiger partial charge in [0.2, 0.25) is 11.8 Å². The first-order valence-corrected chi connectivity index (χ1v) is 8.18. The van der Waals surface area contributed by atoms with E-state index < -0.39 is 5.91 Å². The Labute approximate surface area is 149 Å². The van der Waals surface area contributed by atoms with Gasteiger partial charge in [0.25, 0.3) is 0 Å². The highest BCUT2D eigenvalue weighted by molar-refractivity contribution is 9.10. The third-order valence-corrected chi connectivity index (χ3v) is 3.86. The van der Waals surface area contributed by atoms with E-state index in [-0.39, 0.29) is 12.3 Å². The van der Waals surface area contributed by atoms with Crippen molar-refractivity contribution < 1.29 is 9.59 Å². The summed E-state index contributed by atoms with van der Waals surface area (Å²) in [4.78, 5) is 23.6. The summed E-state index contributed by atoms with van der Waals surface area (Å²) in [6.45, 7) is 3.96. The Bertz CT molecular complexity index is 788. The molecular weight excluding hydrogens is 370 g/mol. The van der Waals surface area contributed by atoms with Gasteiger partial charge in [-0.25, -0.2) is 5.43 Å². The number of hydrogen-bond acceptors (Lipinski definition) is 3. The molecule has 2 aromatic carbocycles. The minimum absolute atomic E-state index is 0.289. The summed E-state index contributed by atoms with van der Waals surface area (Å²) in [6, 6.07) is 13.1. The number of nitrogens with zero attached hydrogens (tertiary/aromatic N) is 1. The molecule has 0 spiro atoms. The molecule has 0 unspecified atom stereocenters. The molecule has 0 aliphatic carbocycles. The third-order valence-electron chi connectivity index (χ3n) is 3.36. The number of hydrogen-bond donors (Lipinski definition) is 2. The lowest BCUT2D eigenvalue weighted by atomic mass is 10.1. The average Bonchev–Trinajstić information content (AvgIpc) is 2.51. The molecule has 0 aliphatic rings. The summed E-state index contributed by atoms with van der Waals surface area (Å²) >= 11 is 3.35. The number of amides is 2. The number of carbonyl (C=O) groups excluding carboxylic acids is 2. The van der Waals surface area contributed by atoms with E-state index in [2.05, 4.69) is 31.8 Å². The molecule has 2 aromatic rings. The number of halogens is 1. The minimum Gasteiger partial charge on any atom is -0.326 e. The summed E-state index contributed by atoms with van der Waals surface area (Å²) in [5.74, 6) is -0.851. The smallest absolute Gasteiger partial charge is 0.249 e. The fourth-order valence-corrected chi connectivity index (χ4v) is 2.39. The first kappa shape index (κ1) is 17.9. The molecule has 0 heterocycles. The van der Waals surface area contributed by atoms with E-state index in [9.17, 15) is 9.59 Å². The molecule has 6 heteroatoms. The van der Waals surface area contributed by atoms with Crippen LogP contribution in [-0.2, 0) is 9.59 Å². The van der Waals surface area contributed by atoms with Gasteiger partial charge in [-0.2, -0.15) is 5.10 Å². The highest BCUT2D eigenvalue weighted by atomic mass is 79.9. The van der Waals surface area contributed by atoms with Crippen molar-refractivity contribution in [1.29, 1.82) is 0 Å². The van der Waals surface area contributed by atoms with Crippen LogP contribution in [0.2, 0.25) is 0 Å². The molecule has 2 amide bonds. The molecule has 0 saturated heterocycles. The lowest BCUT2D eigenvalue weighted by Crippen LogP contribution is -2.24. The van der Waals surface area contributed by atoms with Gasteiger partial charge in [-0.15, -0.1) is 0 Å². The summed E-state index contributed by atoms with van der Waals surface area (Å²) in [6.07, 6.45) is 1.23. The second-order valence-electron chi connectivity index (χ2n) is 5.37. The Kier molecular flexibility index (Phi) is 6.26. The van der Waals surface area contributed by atoms with Crippen LogP contribution in [0, 0.1) is 13.8 Å². The molecule has 0 aliphatic heterocycles. The maximum Gasteiger partial charge on any atom is 0.249 e. The van der Waals surface area contributed by atoms with Crippen molar-refractivity contribution in [3.8, 4) is 0 Å². The Hall–Kier alpha value is -2.47. The number of nitrogens with one attached hydrogen (secondary N) is 2. The van der Waals surface area contributed by atoms with Crippen LogP contribution in [-0.4, -0.2) is 18.0 Å². The number of aryl methyl sites for hydroxylation is 2. The average molecular weight is 388 g/mol. The highest BCUT2D eigenvalue weighted by Crippen LogP contribution is 2.14. The van der Waals surface area contributed by atoms with Crippen LogP contribution in [0.1, 0.15) is 23.1 Å². The molecule has 0 atom stereocenters. The second-order valence-corrected chi connectivity index (χ2v) is 6.29. The van der Waals surface area contributed by atoms with Gasteiger partial charge in [-0.3, -0.25) is 9.59 Å². The van der Waals surface area contributed by atoms with Crippen molar-refractivity contribution >= 4 is 39.6 Å². The molecule has 5 nitrogen and oxygen atoms in total. The number of anilines is 1. The van der Waals surface area contributed by atoms with Gasteiger partial charge in [0.1, 0.15) is 6.42 Å². The predicted octanol–water partition coefficient (Wildman–Crippen LogP) is 3.54. The molecule has 2 N–H and O–H groups in total. The van der Waals surface area contributed by atoms with Gasteiger partial charge >= 0.3 is 0 Å². The first-order valence-electron chi connectivity index (χ1n) is 7.38. The van der Waals surface area contributed by atoms with E-state index in [0.29, 0.717) is 5.69 Å². The van der Waals surface area contributed by atoms with Crippen molar-refractivity contribution in [2.75, 3.05) is 5.32 Å². The van der Waals surface area contributed by atoms with Crippen LogP contribution in [0.25, 0.3) is 0 Å². The van der Waals surface area contributed by atoms with Gasteiger partial charge in [0.15, 0.2) is 0 Å². The van der Waals surface area contributed by atoms with E-state index >= 15 is 0 Å². The lowest BCUT2D eigenvalue weighted by molar-refractivity contribution is -0.126. The molecule has 0 saturated carbocycles. The zero-order chi connectivity index (χ0) is 17.5. The Morgan fingerprint density at radius 2 is 1.88 bits per heavy atom. The predicted molar refractivity (Wildman–Crippen MR) is 99.0 cm³/mol. The number of rotatable bonds is 5. The maximum absolute atomic E-state index is 11.9. The van der Waals surface area contributed by atoms with E-state index in [1.165, 1.54) is 6.21 Å². The maximum atomic E-state index is 11.9. The first-order chi connectivity index (χ1) is 11.4. The molecular formula is C18H18BrN3O2. The van der Waals surface area contributed by atoms with Crippen molar-refractivity contribution in [3.05, 3.63) is 63.6 Å². The summed E-state index contributed by atoms with van der Waals surface area (Å²) in [5.41, 5.74) is 6.08. The van der Waals surface area contributed by atoms with Gasteiger partial charge < -0.3 is 5.32 Å². The van der Waals surface area contributed by atoms with Gasteiger partial charge in [-0.1, -0.05) is 34.1 Å². The van der Waals surface area contributed by atoms with Crippen LogP contribution in [0.3, 0.4) is 0 Å². The normalized spacial score (nSPS) is 10.6. The van der Waals surface area contributed by atoms with Crippen LogP contribution in [0.4, 0.5) is 5.69 Å². The number of carbonyl (C=O) groups is 2. The molecule has 0 radical (unpaired) electrons. The van der Waals surface area contributed by atoms with Gasteiger partial charge in [0.05, 0.1) is 6.21 Å². The van der Waals surface area contributed by atoms with Gasteiger partial charge in [-0.05, 0) is 54.8 Å². The molecule has 0 bridgehead atoms. The number of hydrazone groups is 1. The SMILES string of the molecule is Cc1ccc(NC(=O)CC(=O)NN=Cc2cccc(Br)c2)cc1C. The minimum atomic E-state index is -0.470. The molecule has 124 valence electrons. The largest absolute Gasteiger partial charge is 0.326 e. The summed E-state index contributed by atoms with van der Waals surface area (Å²) < 4.78 is 0.922. The van der Waals surface area contributed by atoms with E-state index in [0.717, 1.165) is 21.2 Å². The van der Waals surface area contributed by atoms with Crippen molar-refractivity contribution in [2.45, 2.75) is 20.3 Å². The third kappa shape index (κ3) is 5.62. The molecule has 0 aromatic heterocycles. The number of benzene rings is 2. The van der Waals surface area contributed by atoms with Gasteiger partial charge in [0, 0.05) is 10.2 Å². The zero-order valence-corrected chi connectivity index (χ0v) is 15.1. The molecule has 0 fully saturated rings. The summed E-state index contributed by atoms with van der Waals surface area (Å²) in [7, 11) is 0. The van der Waals surface area contributed by atoms with Crippen LogP contribution in [0.5, 0.6) is 0 Å². The van der Waals surface area contributed by atoms with Crippen LogP contribution < -0.4 is 10.7 Å². The van der Waals surface area contributed by atoms with Crippen molar-refractivity contribution in [2.24, 2.45) is 5.10 Å². The Morgan fingerprint density at radius 1 is 1.08 bits per heavy atom. The quantitative estimate of drug-likeness (QED) is 0.467. The Morgan fingerprint density at radius 3 is 2.58 bits per heavy atom.